The molecule has 0 spiro atoms. The van der Waals surface area contributed by atoms with Crippen molar-refractivity contribution in [1.82, 2.24) is 0 Å². The minimum atomic E-state index is -3.29. The topological polar surface area (TPSA) is 69.4 Å². The molecule has 0 saturated carbocycles. The lowest BCUT2D eigenvalue weighted by Gasteiger charge is -2.11. The van der Waals surface area contributed by atoms with Crippen LogP contribution in [0.1, 0.15) is 19.8 Å². The Kier molecular flexibility index (Phi) is 3.40. The zero-order valence-electron chi connectivity index (χ0n) is 9.80. The van der Waals surface area contributed by atoms with Crippen LogP contribution in [0.25, 0.3) is 0 Å². The zero-order valence-corrected chi connectivity index (χ0v) is 10.6. The maximum Gasteiger partial charge on any atom is 0.180 e. The summed E-state index contributed by atoms with van der Waals surface area (Å²) in [6.07, 6.45) is 1.72. The number of rotatable bonds is 3. The van der Waals surface area contributed by atoms with Crippen LogP contribution in [0, 0.1) is 0 Å². The van der Waals surface area contributed by atoms with Gasteiger partial charge in [-0.25, -0.2) is 8.42 Å². The van der Waals surface area contributed by atoms with Gasteiger partial charge in [0, 0.05) is 5.69 Å². The highest BCUT2D eigenvalue weighted by molar-refractivity contribution is 7.91. The van der Waals surface area contributed by atoms with Gasteiger partial charge in [-0.2, -0.15) is 0 Å². The van der Waals surface area contributed by atoms with E-state index in [1.807, 2.05) is 6.92 Å². The van der Waals surface area contributed by atoms with Crippen LogP contribution in [0.3, 0.4) is 0 Å². The highest BCUT2D eigenvalue weighted by atomic mass is 32.2. The Morgan fingerprint density at radius 1 is 1.41 bits per heavy atom. The molecule has 94 valence electrons. The second-order valence-electron chi connectivity index (χ2n) is 4.50. The first kappa shape index (κ1) is 12.4. The summed E-state index contributed by atoms with van der Waals surface area (Å²) in [5.74, 6) is 0.0425. The second kappa shape index (κ2) is 4.66. The van der Waals surface area contributed by atoms with Crippen LogP contribution in [-0.2, 0) is 14.6 Å². The Balaban J connectivity index is 2.14. The average molecular weight is 255 g/mol. The van der Waals surface area contributed by atoms with Crippen molar-refractivity contribution in [2.75, 3.05) is 11.5 Å². The molecule has 0 radical (unpaired) electrons. The number of anilines is 1. The van der Waals surface area contributed by atoms with Crippen molar-refractivity contribution in [3.63, 3.8) is 0 Å². The number of ether oxygens (including phenoxy) is 1. The quantitative estimate of drug-likeness (QED) is 0.833. The van der Waals surface area contributed by atoms with E-state index in [2.05, 4.69) is 0 Å². The smallest absolute Gasteiger partial charge is 0.180 e. The highest BCUT2D eigenvalue weighted by Gasteiger charge is 2.28. The maximum absolute atomic E-state index is 12.1. The van der Waals surface area contributed by atoms with Crippen LogP contribution in [0.2, 0.25) is 0 Å². The van der Waals surface area contributed by atoms with Crippen LogP contribution in [-0.4, -0.2) is 26.4 Å². The Labute approximate surface area is 102 Å². The van der Waals surface area contributed by atoms with E-state index in [1.165, 1.54) is 6.07 Å². The van der Waals surface area contributed by atoms with Gasteiger partial charge >= 0.3 is 0 Å². The fourth-order valence-electron chi connectivity index (χ4n) is 2.06. The molecule has 2 unspecified atom stereocenters. The first-order valence-corrected chi connectivity index (χ1v) is 7.36. The number of nitrogen functional groups attached to an aromatic ring is 1. The van der Waals surface area contributed by atoms with Gasteiger partial charge in [0.05, 0.1) is 22.9 Å². The van der Waals surface area contributed by atoms with E-state index >= 15 is 0 Å². The predicted octanol–water partition coefficient (Wildman–Crippen LogP) is 1.61. The van der Waals surface area contributed by atoms with Gasteiger partial charge in [-0.3, -0.25) is 0 Å². The van der Waals surface area contributed by atoms with Gasteiger partial charge in [-0.05, 0) is 38.0 Å². The molecule has 1 aliphatic rings. The number of nitrogens with two attached hydrogens (primary N) is 1. The third-order valence-electron chi connectivity index (χ3n) is 2.94. The second-order valence-corrected chi connectivity index (χ2v) is 6.53. The van der Waals surface area contributed by atoms with Gasteiger partial charge in [0.15, 0.2) is 9.84 Å². The molecule has 0 amide bonds. The molecule has 1 fully saturated rings. The Morgan fingerprint density at radius 3 is 2.76 bits per heavy atom. The summed E-state index contributed by atoms with van der Waals surface area (Å²) >= 11 is 0. The molecule has 0 aliphatic carbocycles. The number of sulfone groups is 1. The van der Waals surface area contributed by atoms with E-state index in [9.17, 15) is 8.42 Å². The summed E-state index contributed by atoms with van der Waals surface area (Å²) in [6, 6.07) is 6.39. The zero-order chi connectivity index (χ0) is 12.5. The highest BCUT2D eigenvalue weighted by Crippen LogP contribution is 2.23. The molecule has 4 nitrogen and oxygen atoms in total. The number of hydrogen-bond acceptors (Lipinski definition) is 4. The van der Waals surface area contributed by atoms with Crippen molar-refractivity contribution in [2.24, 2.45) is 0 Å². The van der Waals surface area contributed by atoms with Crippen LogP contribution in [0.5, 0.6) is 0 Å². The summed E-state index contributed by atoms with van der Waals surface area (Å²) in [4.78, 5) is 0.278. The van der Waals surface area contributed by atoms with E-state index in [0.717, 1.165) is 12.8 Å². The Hall–Kier alpha value is -1.07. The molecule has 1 heterocycles. The Morgan fingerprint density at radius 2 is 2.18 bits per heavy atom. The normalized spacial score (nSPS) is 25.0. The molecule has 0 aromatic heterocycles. The van der Waals surface area contributed by atoms with Gasteiger partial charge in [0.2, 0.25) is 0 Å². The van der Waals surface area contributed by atoms with Crippen molar-refractivity contribution in [1.29, 1.82) is 0 Å². The SMILES string of the molecule is CC1CCC(CS(=O)(=O)c2cccc(N)c2)O1. The van der Waals surface area contributed by atoms with Gasteiger partial charge < -0.3 is 10.5 Å². The summed E-state index contributed by atoms with van der Waals surface area (Å²) in [7, 11) is -3.29. The molecule has 1 aromatic carbocycles. The Bertz CT molecular complexity index is 498. The number of benzene rings is 1. The molecule has 1 saturated heterocycles. The lowest BCUT2D eigenvalue weighted by atomic mass is 10.2. The average Bonchev–Trinajstić information content (AvgIpc) is 2.63. The fourth-order valence-corrected chi connectivity index (χ4v) is 3.59. The van der Waals surface area contributed by atoms with E-state index in [1.54, 1.807) is 18.2 Å². The molecule has 1 aromatic rings. The molecule has 2 N–H and O–H groups in total. The maximum atomic E-state index is 12.1. The molecule has 0 bridgehead atoms. The summed E-state index contributed by atoms with van der Waals surface area (Å²) in [5, 5.41) is 0. The first-order chi connectivity index (χ1) is 7.97. The van der Waals surface area contributed by atoms with Crippen LogP contribution in [0.4, 0.5) is 5.69 Å². The van der Waals surface area contributed by atoms with E-state index < -0.39 is 9.84 Å². The minimum absolute atomic E-state index is 0.0425. The predicted molar refractivity (Wildman–Crippen MR) is 66.5 cm³/mol. The van der Waals surface area contributed by atoms with E-state index in [0.29, 0.717) is 5.69 Å². The van der Waals surface area contributed by atoms with Gasteiger partial charge in [0.1, 0.15) is 0 Å². The van der Waals surface area contributed by atoms with Crippen molar-refractivity contribution < 1.29 is 13.2 Å². The molecule has 5 heteroatoms. The van der Waals surface area contributed by atoms with Gasteiger partial charge in [-0.15, -0.1) is 0 Å². The van der Waals surface area contributed by atoms with Crippen molar-refractivity contribution >= 4 is 15.5 Å². The van der Waals surface area contributed by atoms with Crippen molar-refractivity contribution in [3.8, 4) is 0 Å². The van der Waals surface area contributed by atoms with Crippen LogP contribution < -0.4 is 5.73 Å². The minimum Gasteiger partial charge on any atom is -0.399 e. The molecular formula is C12H17NO3S. The van der Waals surface area contributed by atoms with Crippen LogP contribution in [0.15, 0.2) is 29.2 Å². The van der Waals surface area contributed by atoms with Crippen molar-refractivity contribution in [3.05, 3.63) is 24.3 Å². The first-order valence-electron chi connectivity index (χ1n) is 5.71. The lowest BCUT2D eigenvalue weighted by Crippen LogP contribution is -2.21. The van der Waals surface area contributed by atoms with Gasteiger partial charge in [0.25, 0.3) is 0 Å². The summed E-state index contributed by atoms with van der Waals surface area (Å²) < 4.78 is 29.8. The lowest BCUT2D eigenvalue weighted by molar-refractivity contribution is 0.0690. The van der Waals surface area contributed by atoms with Crippen molar-refractivity contribution in [2.45, 2.75) is 36.9 Å². The summed E-state index contributed by atoms with van der Waals surface area (Å²) in [6.45, 7) is 1.97. The largest absolute Gasteiger partial charge is 0.399 e. The molecule has 17 heavy (non-hydrogen) atoms. The van der Waals surface area contributed by atoms with E-state index in [-0.39, 0.29) is 22.9 Å². The van der Waals surface area contributed by atoms with E-state index in [4.69, 9.17) is 10.5 Å². The standard InChI is InChI=1S/C12H17NO3S/c1-9-5-6-11(16-9)8-17(14,15)12-4-2-3-10(13)7-12/h2-4,7,9,11H,5-6,8,13H2,1H3. The third-order valence-corrected chi connectivity index (χ3v) is 4.73. The number of hydrogen-bond donors (Lipinski definition) is 1. The molecule has 2 atom stereocenters. The molecule has 1 aliphatic heterocycles. The van der Waals surface area contributed by atoms with Crippen LogP contribution >= 0.6 is 0 Å². The summed E-state index contributed by atoms with van der Waals surface area (Å²) in [5.41, 5.74) is 6.05. The van der Waals surface area contributed by atoms with Gasteiger partial charge in [-0.1, -0.05) is 6.07 Å². The monoisotopic (exact) mass is 255 g/mol. The fraction of sp³-hybridized carbons (Fsp3) is 0.500. The molecular weight excluding hydrogens is 238 g/mol. The molecule has 2 rings (SSSR count). The third kappa shape index (κ3) is 2.98.